The lowest BCUT2D eigenvalue weighted by Gasteiger charge is -2.17. The van der Waals surface area contributed by atoms with Crippen molar-refractivity contribution in [2.45, 2.75) is 6.42 Å². The molecular weight excluding hydrogens is 276 g/mol. The standard InChI is InChI=1S/C18H22N2O2/c1-20(16-9-4-3-5-10-16)18(21)14-19-13-12-15-8-6-7-11-17(15)22-2/h3-11,19H,12-14H2,1-2H3. The zero-order chi connectivity index (χ0) is 15.8. The molecule has 0 fully saturated rings. The number of nitrogens with zero attached hydrogens (tertiary/aromatic N) is 1. The van der Waals surface area contributed by atoms with Gasteiger partial charge in [-0.3, -0.25) is 4.79 Å². The van der Waals surface area contributed by atoms with Crippen LogP contribution in [0, 0.1) is 0 Å². The van der Waals surface area contributed by atoms with Crippen LogP contribution in [0.1, 0.15) is 5.56 Å². The number of rotatable bonds is 7. The molecule has 0 aromatic heterocycles. The molecule has 0 aliphatic carbocycles. The zero-order valence-corrected chi connectivity index (χ0v) is 13.1. The van der Waals surface area contributed by atoms with Crippen LogP contribution >= 0.6 is 0 Å². The van der Waals surface area contributed by atoms with Crippen molar-refractivity contribution in [3.05, 3.63) is 60.2 Å². The molecule has 4 heteroatoms. The smallest absolute Gasteiger partial charge is 0.240 e. The van der Waals surface area contributed by atoms with Gasteiger partial charge in [0.25, 0.3) is 0 Å². The quantitative estimate of drug-likeness (QED) is 0.799. The largest absolute Gasteiger partial charge is 0.496 e. The molecule has 0 atom stereocenters. The first-order valence-electron chi connectivity index (χ1n) is 7.36. The summed E-state index contributed by atoms with van der Waals surface area (Å²) in [6, 6.07) is 17.6. The number of nitrogens with one attached hydrogen (secondary N) is 1. The fourth-order valence-electron chi connectivity index (χ4n) is 2.24. The second kappa shape index (κ2) is 8.20. The Morgan fingerprint density at radius 2 is 1.77 bits per heavy atom. The van der Waals surface area contributed by atoms with Gasteiger partial charge in [-0.15, -0.1) is 0 Å². The molecule has 1 N–H and O–H groups in total. The van der Waals surface area contributed by atoms with Gasteiger partial charge in [-0.05, 0) is 36.7 Å². The molecule has 1 amide bonds. The SMILES string of the molecule is COc1ccccc1CCNCC(=O)N(C)c1ccccc1. The fraction of sp³-hybridized carbons (Fsp3) is 0.278. The number of likely N-dealkylation sites (N-methyl/N-ethyl adjacent to an activating group) is 1. The van der Waals surface area contributed by atoms with E-state index < -0.39 is 0 Å². The molecule has 2 aromatic rings. The van der Waals surface area contributed by atoms with Crippen LogP contribution in [0.5, 0.6) is 5.75 Å². The van der Waals surface area contributed by atoms with Gasteiger partial charge in [0.15, 0.2) is 0 Å². The van der Waals surface area contributed by atoms with E-state index in [4.69, 9.17) is 4.74 Å². The number of anilines is 1. The summed E-state index contributed by atoms with van der Waals surface area (Å²) in [5, 5.41) is 3.19. The van der Waals surface area contributed by atoms with E-state index >= 15 is 0 Å². The van der Waals surface area contributed by atoms with Gasteiger partial charge >= 0.3 is 0 Å². The first kappa shape index (κ1) is 16.0. The Balaban J connectivity index is 1.78. The Labute approximate surface area is 131 Å². The van der Waals surface area contributed by atoms with Gasteiger partial charge in [0.1, 0.15) is 5.75 Å². The molecule has 4 nitrogen and oxygen atoms in total. The van der Waals surface area contributed by atoms with E-state index in [-0.39, 0.29) is 5.91 Å². The summed E-state index contributed by atoms with van der Waals surface area (Å²) in [4.78, 5) is 13.8. The highest BCUT2D eigenvalue weighted by molar-refractivity contribution is 5.94. The maximum atomic E-state index is 12.1. The van der Waals surface area contributed by atoms with Gasteiger partial charge in [0.05, 0.1) is 13.7 Å². The monoisotopic (exact) mass is 298 g/mol. The average Bonchev–Trinajstić information content (AvgIpc) is 2.59. The highest BCUT2D eigenvalue weighted by Crippen LogP contribution is 2.17. The fourth-order valence-corrected chi connectivity index (χ4v) is 2.24. The molecule has 2 rings (SSSR count). The van der Waals surface area contributed by atoms with E-state index in [0.29, 0.717) is 6.54 Å². The predicted octanol–water partition coefficient (Wildman–Crippen LogP) is 2.49. The van der Waals surface area contributed by atoms with E-state index in [0.717, 1.165) is 30.0 Å². The Bertz CT molecular complexity index is 599. The normalized spacial score (nSPS) is 10.3. The van der Waals surface area contributed by atoms with Crippen LogP contribution in [0.4, 0.5) is 5.69 Å². The molecular formula is C18H22N2O2. The van der Waals surface area contributed by atoms with Crippen LogP contribution in [-0.2, 0) is 11.2 Å². The van der Waals surface area contributed by atoms with Crippen molar-refractivity contribution in [3.63, 3.8) is 0 Å². The Hall–Kier alpha value is -2.33. The maximum absolute atomic E-state index is 12.1. The summed E-state index contributed by atoms with van der Waals surface area (Å²) < 4.78 is 5.32. The molecule has 116 valence electrons. The number of carbonyl (C=O) groups excluding carboxylic acids is 1. The molecule has 0 aliphatic rings. The molecule has 22 heavy (non-hydrogen) atoms. The number of methoxy groups -OCH3 is 1. The molecule has 0 bridgehead atoms. The van der Waals surface area contributed by atoms with E-state index in [1.807, 2.05) is 54.6 Å². The van der Waals surface area contributed by atoms with Crippen LogP contribution in [-0.4, -0.2) is 33.2 Å². The van der Waals surface area contributed by atoms with Gasteiger partial charge in [-0.25, -0.2) is 0 Å². The van der Waals surface area contributed by atoms with E-state index in [2.05, 4.69) is 5.32 Å². The third-order valence-electron chi connectivity index (χ3n) is 3.56. The van der Waals surface area contributed by atoms with E-state index in [1.165, 1.54) is 0 Å². The van der Waals surface area contributed by atoms with Crippen LogP contribution in [0.15, 0.2) is 54.6 Å². The minimum atomic E-state index is 0.0474. The second-order valence-corrected chi connectivity index (χ2v) is 5.03. The van der Waals surface area contributed by atoms with Crippen molar-refractivity contribution < 1.29 is 9.53 Å². The highest BCUT2D eigenvalue weighted by atomic mass is 16.5. The van der Waals surface area contributed by atoms with Gasteiger partial charge in [0, 0.05) is 12.7 Å². The summed E-state index contributed by atoms with van der Waals surface area (Å²) in [6.07, 6.45) is 0.826. The van der Waals surface area contributed by atoms with Crippen LogP contribution in [0.2, 0.25) is 0 Å². The number of hydrogen-bond donors (Lipinski definition) is 1. The lowest BCUT2D eigenvalue weighted by Crippen LogP contribution is -2.36. The van der Waals surface area contributed by atoms with Crippen LogP contribution < -0.4 is 15.0 Å². The third-order valence-corrected chi connectivity index (χ3v) is 3.56. The Morgan fingerprint density at radius 1 is 1.09 bits per heavy atom. The average molecular weight is 298 g/mol. The number of amides is 1. The lowest BCUT2D eigenvalue weighted by molar-refractivity contribution is -0.117. The summed E-state index contributed by atoms with van der Waals surface area (Å²) in [5.41, 5.74) is 2.04. The lowest BCUT2D eigenvalue weighted by atomic mass is 10.1. The van der Waals surface area contributed by atoms with E-state index in [9.17, 15) is 4.79 Å². The van der Waals surface area contributed by atoms with Crippen LogP contribution in [0.25, 0.3) is 0 Å². The minimum absolute atomic E-state index is 0.0474. The van der Waals surface area contributed by atoms with Crippen molar-refractivity contribution in [3.8, 4) is 5.75 Å². The summed E-state index contributed by atoms with van der Waals surface area (Å²) in [5.74, 6) is 0.934. The molecule has 0 spiro atoms. The van der Waals surface area contributed by atoms with Gasteiger partial charge < -0.3 is 15.0 Å². The molecule has 0 unspecified atom stereocenters. The maximum Gasteiger partial charge on any atom is 0.240 e. The van der Waals surface area contributed by atoms with Gasteiger partial charge in [0.2, 0.25) is 5.91 Å². The molecule has 0 heterocycles. The van der Waals surface area contributed by atoms with Crippen molar-refractivity contribution in [2.24, 2.45) is 0 Å². The van der Waals surface area contributed by atoms with Gasteiger partial charge in [-0.1, -0.05) is 36.4 Å². The Kier molecular flexibility index (Phi) is 5.98. The van der Waals surface area contributed by atoms with Crippen molar-refractivity contribution in [1.82, 2.24) is 5.32 Å². The summed E-state index contributed by atoms with van der Waals surface area (Å²) >= 11 is 0. The first-order valence-corrected chi connectivity index (χ1v) is 7.36. The number of hydrogen-bond acceptors (Lipinski definition) is 3. The van der Waals surface area contributed by atoms with Crippen molar-refractivity contribution >= 4 is 11.6 Å². The number of carbonyl (C=O) groups is 1. The summed E-state index contributed by atoms with van der Waals surface area (Å²) in [6.45, 7) is 1.05. The molecule has 0 radical (unpaired) electrons. The van der Waals surface area contributed by atoms with Crippen molar-refractivity contribution in [2.75, 3.05) is 32.1 Å². The molecule has 0 saturated carbocycles. The topological polar surface area (TPSA) is 41.6 Å². The first-order chi connectivity index (χ1) is 10.7. The number of para-hydroxylation sites is 2. The molecule has 0 saturated heterocycles. The van der Waals surface area contributed by atoms with E-state index in [1.54, 1.807) is 19.1 Å². The minimum Gasteiger partial charge on any atom is -0.496 e. The predicted molar refractivity (Wildman–Crippen MR) is 89.4 cm³/mol. The van der Waals surface area contributed by atoms with Gasteiger partial charge in [-0.2, -0.15) is 0 Å². The third kappa shape index (κ3) is 4.33. The molecule has 0 aliphatic heterocycles. The zero-order valence-electron chi connectivity index (χ0n) is 13.1. The second-order valence-electron chi connectivity index (χ2n) is 5.03. The summed E-state index contributed by atoms with van der Waals surface area (Å²) in [7, 11) is 3.46. The number of ether oxygens (including phenoxy) is 1. The Morgan fingerprint density at radius 3 is 2.50 bits per heavy atom. The highest BCUT2D eigenvalue weighted by Gasteiger charge is 2.09. The van der Waals surface area contributed by atoms with Crippen molar-refractivity contribution in [1.29, 1.82) is 0 Å². The molecule has 2 aromatic carbocycles. The number of benzene rings is 2. The van der Waals surface area contributed by atoms with Crippen LogP contribution in [0.3, 0.4) is 0 Å².